The molecular weight excluding hydrogens is 312 g/mol. The van der Waals surface area contributed by atoms with Crippen molar-refractivity contribution >= 4 is 33.0 Å². The molecule has 0 radical (unpaired) electrons. The predicted octanol–water partition coefficient (Wildman–Crippen LogP) is 1.55. The molecule has 2 aromatic rings. The van der Waals surface area contributed by atoms with E-state index in [0.717, 1.165) is 11.6 Å². The molecule has 0 saturated heterocycles. The number of rotatable bonds is 6. The van der Waals surface area contributed by atoms with Crippen LogP contribution in [0, 0.1) is 0 Å². The number of hydrogen-bond donors (Lipinski definition) is 3. The van der Waals surface area contributed by atoms with Crippen molar-refractivity contribution in [2.24, 2.45) is 0 Å². The number of nitrogen functional groups attached to an aromatic ring is 1. The second kappa shape index (κ2) is 6.25. The summed E-state index contributed by atoms with van der Waals surface area (Å²) in [5.41, 5.74) is 6.46. The van der Waals surface area contributed by atoms with E-state index in [1.165, 1.54) is 23.5 Å². The Morgan fingerprint density at radius 2 is 2.10 bits per heavy atom. The van der Waals surface area contributed by atoms with Gasteiger partial charge in [-0.15, -0.1) is 0 Å². The normalized spacial score (nSPS) is 11.4. The fraction of sp³-hybridized carbons (Fsp3) is 0.154. The molecule has 0 aliphatic rings. The lowest BCUT2D eigenvalue weighted by Gasteiger charge is -2.10. The number of carboxylic acid groups (broad SMARTS) is 1. The highest BCUT2D eigenvalue weighted by Crippen LogP contribution is 2.19. The average Bonchev–Trinajstić information content (AvgIpc) is 2.91. The van der Waals surface area contributed by atoms with Gasteiger partial charge in [-0.1, -0.05) is 0 Å². The van der Waals surface area contributed by atoms with Crippen molar-refractivity contribution in [3.8, 4) is 0 Å². The van der Waals surface area contributed by atoms with Crippen LogP contribution >= 0.6 is 11.3 Å². The molecule has 0 aliphatic heterocycles. The van der Waals surface area contributed by atoms with Crippen LogP contribution < -0.4 is 10.5 Å². The molecular formula is C13H14N2O4S2. The van der Waals surface area contributed by atoms with Crippen molar-refractivity contribution in [1.29, 1.82) is 0 Å². The minimum absolute atomic E-state index is 0.187. The van der Waals surface area contributed by atoms with Gasteiger partial charge in [-0.25, -0.2) is 17.9 Å². The predicted molar refractivity (Wildman–Crippen MR) is 81.0 cm³/mol. The van der Waals surface area contributed by atoms with Gasteiger partial charge >= 0.3 is 5.97 Å². The molecule has 1 heterocycles. The van der Waals surface area contributed by atoms with Crippen molar-refractivity contribution in [1.82, 2.24) is 4.72 Å². The van der Waals surface area contributed by atoms with Crippen LogP contribution in [0.1, 0.15) is 15.9 Å². The molecule has 6 nitrogen and oxygen atoms in total. The summed E-state index contributed by atoms with van der Waals surface area (Å²) in [7, 11) is -3.92. The molecule has 0 saturated carbocycles. The lowest BCUT2D eigenvalue weighted by atomic mass is 10.2. The molecule has 0 unspecified atom stereocenters. The maximum Gasteiger partial charge on any atom is 0.337 e. The Morgan fingerprint density at radius 3 is 2.71 bits per heavy atom. The molecule has 2 rings (SSSR count). The Bertz CT molecular complexity index is 740. The van der Waals surface area contributed by atoms with E-state index < -0.39 is 16.0 Å². The van der Waals surface area contributed by atoms with Crippen molar-refractivity contribution in [2.75, 3.05) is 12.3 Å². The summed E-state index contributed by atoms with van der Waals surface area (Å²) in [6.45, 7) is 0.187. The zero-order chi connectivity index (χ0) is 15.5. The van der Waals surface area contributed by atoms with Crippen LogP contribution in [0.25, 0.3) is 0 Å². The van der Waals surface area contributed by atoms with E-state index in [0.29, 0.717) is 6.42 Å². The summed E-state index contributed by atoms with van der Waals surface area (Å²) in [4.78, 5) is 10.8. The first-order chi connectivity index (χ1) is 9.90. The Balaban J connectivity index is 2.19. The summed E-state index contributed by atoms with van der Waals surface area (Å²) in [5.74, 6) is -1.31. The summed E-state index contributed by atoms with van der Waals surface area (Å²) >= 11 is 1.53. The molecule has 0 fully saturated rings. The Morgan fingerprint density at radius 1 is 1.33 bits per heavy atom. The molecule has 0 atom stereocenters. The van der Waals surface area contributed by atoms with Gasteiger partial charge in [-0.2, -0.15) is 11.3 Å². The maximum absolute atomic E-state index is 12.2. The monoisotopic (exact) mass is 326 g/mol. The number of carboxylic acids is 1. The largest absolute Gasteiger partial charge is 0.478 e. The highest BCUT2D eigenvalue weighted by atomic mass is 32.2. The molecule has 0 aliphatic carbocycles. The third-order valence-electron chi connectivity index (χ3n) is 2.81. The Hall–Kier alpha value is -1.90. The van der Waals surface area contributed by atoms with Gasteiger partial charge in [0.25, 0.3) is 0 Å². The number of hydrogen-bond acceptors (Lipinski definition) is 5. The zero-order valence-electron chi connectivity index (χ0n) is 10.9. The van der Waals surface area contributed by atoms with Crippen LogP contribution in [0.3, 0.4) is 0 Å². The van der Waals surface area contributed by atoms with E-state index >= 15 is 0 Å². The third kappa shape index (κ3) is 3.81. The fourth-order valence-electron chi connectivity index (χ4n) is 1.78. The van der Waals surface area contributed by atoms with Crippen LogP contribution in [0.2, 0.25) is 0 Å². The third-order valence-corrected chi connectivity index (χ3v) is 5.04. The number of benzene rings is 1. The van der Waals surface area contributed by atoms with Crippen LogP contribution in [0.4, 0.5) is 5.69 Å². The molecule has 1 aromatic carbocycles. The van der Waals surface area contributed by atoms with Gasteiger partial charge in [0.15, 0.2) is 0 Å². The second-order valence-electron chi connectivity index (χ2n) is 4.34. The first-order valence-corrected chi connectivity index (χ1v) is 8.46. The van der Waals surface area contributed by atoms with E-state index in [9.17, 15) is 13.2 Å². The average molecular weight is 326 g/mol. The fourth-order valence-corrected chi connectivity index (χ4v) is 3.75. The van der Waals surface area contributed by atoms with Crippen molar-refractivity contribution in [3.05, 3.63) is 46.2 Å². The smallest absolute Gasteiger partial charge is 0.337 e. The highest BCUT2D eigenvalue weighted by Gasteiger charge is 2.22. The number of sulfonamides is 1. The maximum atomic E-state index is 12.2. The zero-order valence-corrected chi connectivity index (χ0v) is 12.6. The highest BCUT2D eigenvalue weighted by molar-refractivity contribution is 7.89. The molecule has 1 aromatic heterocycles. The molecule has 0 bridgehead atoms. The number of anilines is 1. The van der Waals surface area contributed by atoms with E-state index in [1.54, 1.807) is 0 Å². The van der Waals surface area contributed by atoms with E-state index in [4.69, 9.17) is 10.8 Å². The van der Waals surface area contributed by atoms with Gasteiger partial charge in [0.1, 0.15) is 0 Å². The summed E-state index contributed by atoms with van der Waals surface area (Å²) < 4.78 is 26.8. The molecule has 8 heteroatoms. The van der Waals surface area contributed by atoms with E-state index in [-0.39, 0.29) is 22.7 Å². The molecule has 112 valence electrons. The number of aromatic carboxylic acids is 1. The number of nitrogens with two attached hydrogens (primary N) is 1. The van der Waals surface area contributed by atoms with Crippen LogP contribution in [0.15, 0.2) is 39.9 Å². The topological polar surface area (TPSA) is 109 Å². The lowest BCUT2D eigenvalue weighted by molar-refractivity contribution is 0.0692. The van der Waals surface area contributed by atoms with Crippen molar-refractivity contribution < 1.29 is 18.3 Å². The molecule has 0 spiro atoms. The Labute approximate surface area is 126 Å². The molecule has 4 N–H and O–H groups in total. The van der Waals surface area contributed by atoms with Gasteiger partial charge in [-0.05, 0) is 47.0 Å². The van der Waals surface area contributed by atoms with Gasteiger partial charge in [-0.3, -0.25) is 0 Å². The minimum atomic E-state index is -3.92. The lowest BCUT2D eigenvalue weighted by Crippen LogP contribution is -2.27. The number of thiophene rings is 1. The van der Waals surface area contributed by atoms with Crippen molar-refractivity contribution in [3.63, 3.8) is 0 Å². The van der Waals surface area contributed by atoms with E-state index in [2.05, 4.69) is 4.72 Å². The van der Waals surface area contributed by atoms with Crippen molar-refractivity contribution in [2.45, 2.75) is 11.3 Å². The quantitative estimate of drug-likeness (QED) is 0.698. The molecule has 0 amide bonds. The Kier molecular flexibility index (Phi) is 4.61. The minimum Gasteiger partial charge on any atom is -0.478 e. The van der Waals surface area contributed by atoms with Crippen LogP contribution in [-0.2, 0) is 16.4 Å². The van der Waals surface area contributed by atoms with Gasteiger partial charge in [0.05, 0.1) is 10.5 Å². The summed E-state index contributed by atoms with van der Waals surface area (Å²) in [6.07, 6.45) is 0.535. The number of carbonyl (C=O) groups is 1. The first kappa shape index (κ1) is 15.5. The molecule has 21 heavy (non-hydrogen) atoms. The van der Waals surface area contributed by atoms with E-state index in [1.807, 2.05) is 16.8 Å². The van der Waals surface area contributed by atoms with Gasteiger partial charge < -0.3 is 10.8 Å². The number of nitrogens with one attached hydrogen (secondary N) is 1. The van der Waals surface area contributed by atoms with Gasteiger partial charge in [0.2, 0.25) is 10.0 Å². The van der Waals surface area contributed by atoms with Crippen LogP contribution in [0.5, 0.6) is 0 Å². The first-order valence-electron chi connectivity index (χ1n) is 6.04. The second-order valence-corrected chi connectivity index (χ2v) is 6.86. The van der Waals surface area contributed by atoms with Gasteiger partial charge in [0, 0.05) is 12.2 Å². The SMILES string of the molecule is Nc1ccc(C(=O)O)c(S(=O)(=O)NCCc2ccsc2)c1. The van der Waals surface area contributed by atoms with Crippen LogP contribution in [-0.4, -0.2) is 26.0 Å². The summed E-state index contributed by atoms with van der Waals surface area (Å²) in [5, 5.41) is 12.9. The standard InChI is InChI=1S/C13H14N2O4S2/c14-10-1-2-11(13(16)17)12(7-10)21(18,19)15-5-3-9-4-6-20-8-9/h1-2,4,6-8,15H,3,5,14H2,(H,16,17). The summed E-state index contributed by atoms with van der Waals surface area (Å²) in [6, 6.07) is 5.59.